The minimum absolute atomic E-state index is 0.170. The zero-order valence-electron chi connectivity index (χ0n) is 13.6. The number of aromatic nitrogens is 2. The van der Waals surface area contributed by atoms with Crippen LogP contribution in [0.4, 0.5) is 0 Å². The van der Waals surface area contributed by atoms with Crippen molar-refractivity contribution in [3.05, 3.63) is 70.7 Å². The molecule has 1 N–H and O–H groups in total. The van der Waals surface area contributed by atoms with E-state index in [-0.39, 0.29) is 12.5 Å². The fourth-order valence-corrected chi connectivity index (χ4v) is 2.39. The number of amides is 1. The van der Waals surface area contributed by atoms with Gasteiger partial charge in [-0.25, -0.2) is 9.36 Å². The number of methoxy groups -OCH3 is 1. The summed E-state index contributed by atoms with van der Waals surface area (Å²) in [6, 6.07) is 16.5. The van der Waals surface area contributed by atoms with Crippen LogP contribution in [0.3, 0.4) is 0 Å². The van der Waals surface area contributed by atoms with Crippen LogP contribution in [0.25, 0.3) is 11.4 Å². The van der Waals surface area contributed by atoms with E-state index in [0.29, 0.717) is 23.7 Å². The molecular weight excluding hydrogens is 322 g/mol. The molecule has 0 saturated heterocycles. The Hall–Kier alpha value is -3.35. The minimum atomic E-state index is -0.671. The van der Waals surface area contributed by atoms with Crippen LogP contribution in [-0.2, 0) is 17.9 Å². The van der Waals surface area contributed by atoms with Crippen molar-refractivity contribution in [2.24, 2.45) is 0 Å². The van der Waals surface area contributed by atoms with Crippen molar-refractivity contribution in [1.29, 1.82) is 0 Å². The summed E-state index contributed by atoms with van der Waals surface area (Å²) in [5, 5.41) is 6.53. The van der Waals surface area contributed by atoms with Crippen molar-refractivity contribution in [3.8, 4) is 17.1 Å². The van der Waals surface area contributed by atoms with Crippen molar-refractivity contribution in [1.82, 2.24) is 15.0 Å². The second kappa shape index (κ2) is 7.48. The molecule has 0 atom stereocenters. The van der Waals surface area contributed by atoms with Crippen molar-refractivity contribution in [3.63, 3.8) is 0 Å². The molecular formula is C18H17N3O4. The van der Waals surface area contributed by atoms with Crippen molar-refractivity contribution < 1.29 is 14.1 Å². The fraction of sp³-hybridized carbons (Fsp3) is 0.167. The molecule has 3 rings (SSSR count). The van der Waals surface area contributed by atoms with Gasteiger partial charge in [0.05, 0.1) is 7.11 Å². The molecule has 0 radical (unpaired) electrons. The molecule has 7 nitrogen and oxygen atoms in total. The normalized spacial score (nSPS) is 10.4. The van der Waals surface area contributed by atoms with Gasteiger partial charge in [0.1, 0.15) is 12.3 Å². The number of ether oxygens (including phenoxy) is 1. The van der Waals surface area contributed by atoms with Gasteiger partial charge in [0.2, 0.25) is 5.91 Å². The molecule has 0 saturated carbocycles. The Morgan fingerprint density at radius 1 is 1.20 bits per heavy atom. The highest BCUT2D eigenvalue weighted by Crippen LogP contribution is 2.15. The topological polar surface area (TPSA) is 86.4 Å². The van der Waals surface area contributed by atoms with Gasteiger partial charge in [-0.05, 0) is 17.7 Å². The fourth-order valence-electron chi connectivity index (χ4n) is 2.39. The molecule has 0 aliphatic heterocycles. The van der Waals surface area contributed by atoms with Gasteiger partial charge in [-0.3, -0.25) is 9.32 Å². The van der Waals surface area contributed by atoms with E-state index in [0.717, 1.165) is 5.56 Å². The third-order valence-electron chi connectivity index (χ3n) is 3.64. The van der Waals surface area contributed by atoms with Gasteiger partial charge in [0, 0.05) is 12.1 Å². The van der Waals surface area contributed by atoms with Crippen molar-refractivity contribution >= 4 is 5.91 Å². The van der Waals surface area contributed by atoms with E-state index in [1.165, 1.54) is 4.57 Å². The zero-order valence-corrected chi connectivity index (χ0v) is 13.6. The highest BCUT2D eigenvalue weighted by molar-refractivity contribution is 5.76. The Morgan fingerprint density at radius 3 is 2.76 bits per heavy atom. The number of nitrogens with one attached hydrogen (secondary N) is 1. The summed E-state index contributed by atoms with van der Waals surface area (Å²) in [4.78, 5) is 24.0. The molecule has 0 fully saturated rings. The van der Waals surface area contributed by atoms with Crippen LogP contribution >= 0.6 is 0 Å². The minimum Gasteiger partial charge on any atom is -0.497 e. The van der Waals surface area contributed by atoms with Crippen LogP contribution < -0.4 is 15.8 Å². The van der Waals surface area contributed by atoms with Crippen LogP contribution in [0.15, 0.2) is 63.9 Å². The number of hydrogen-bond donors (Lipinski definition) is 1. The molecule has 0 bridgehead atoms. The summed E-state index contributed by atoms with van der Waals surface area (Å²) >= 11 is 0. The van der Waals surface area contributed by atoms with Gasteiger partial charge in [0.25, 0.3) is 0 Å². The lowest BCUT2D eigenvalue weighted by Gasteiger charge is -2.08. The molecule has 0 aliphatic carbocycles. The maximum Gasteiger partial charge on any atom is 0.442 e. The van der Waals surface area contributed by atoms with Crippen LogP contribution in [-0.4, -0.2) is 22.7 Å². The second-order valence-electron chi connectivity index (χ2n) is 5.35. The Balaban J connectivity index is 1.69. The number of carbonyl (C=O) groups excluding carboxylic acids is 1. The number of hydrogen-bond acceptors (Lipinski definition) is 5. The molecule has 1 aromatic heterocycles. The number of rotatable bonds is 6. The Labute approximate surface area is 143 Å². The lowest BCUT2D eigenvalue weighted by Crippen LogP contribution is -2.30. The summed E-state index contributed by atoms with van der Waals surface area (Å²) in [6.45, 7) is 0.160. The third-order valence-corrected chi connectivity index (χ3v) is 3.64. The molecule has 1 heterocycles. The van der Waals surface area contributed by atoms with Gasteiger partial charge < -0.3 is 10.1 Å². The lowest BCUT2D eigenvalue weighted by atomic mass is 10.2. The Morgan fingerprint density at radius 2 is 2.00 bits per heavy atom. The van der Waals surface area contributed by atoms with E-state index in [9.17, 15) is 9.59 Å². The van der Waals surface area contributed by atoms with E-state index in [4.69, 9.17) is 9.26 Å². The highest BCUT2D eigenvalue weighted by Gasteiger charge is 2.15. The first-order valence-electron chi connectivity index (χ1n) is 7.69. The quantitative estimate of drug-likeness (QED) is 0.740. The monoisotopic (exact) mass is 339 g/mol. The molecule has 25 heavy (non-hydrogen) atoms. The number of nitrogens with zero attached hydrogens (tertiary/aromatic N) is 2. The largest absolute Gasteiger partial charge is 0.497 e. The van der Waals surface area contributed by atoms with Gasteiger partial charge in [-0.1, -0.05) is 47.6 Å². The highest BCUT2D eigenvalue weighted by atomic mass is 16.5. The van der Waals surface area contributed by atoms with E-state index in [1.54, 1.807) is 19.2 Å². The standard InChI is InChI=1S/C18H17N3O4/c1-24-15-9-5-6-13(10-15)11-19-16(22)12-21-17(20-25-18(21)23)14-7-3-2-4-8-14/h2-10H,11-12H2,1H3,(H,19,22). The van der Waals surface area contributed by atoms with Gasteiger partial charge >= 0.3 is 5.76 Å². The van der Waals surface area contributed by atoms with Gasteiger partial charge in [-0.2, -0.15) is 0 Å². The molecule has 128 valence electrons. The SMILES string of the molecule is COc1cccc(CNC(=O)Cn2c(-c3ccccc3)noc2=O)c1. The maximum absolute atomic E-state index is 12.2. The van der Waals surface area contributed by atoms with E-state index in [1.807, 2.05) is 42.5 Å². The second-order valence-corrected chi connectivity index (χ2v) is 5.35. The molecule has 7 heteroatoms. The Kier molecular flexibility index (Phi) is 4.94. The van der Waals surface area contributed by atoms with E-state index < -0.39 is 5.76 Å². The summed E-state index contributed by atoms with van der Waals surface area (Å²) in [5.74, 6) is 0.0520. The smallest absolute Gasteiger partial charge is 0.442 e. The lowest BCUT2D eigenvalue weighted by molar-refractivity contribution is -0.121. The first-order valence-corrected chi connectivity index (χ1v) is 7.69. The van der Waals surface area contributed by atoms with E-state index in [2.05, 4.69) is 10.5 Å². The average Bonchev–Trinajstić information content (AvgIpc) is 3.01. The molecule has 2 aromatic carbocycles. The summed E-state index contributed by atoms with van der Waals surface area (Å²) in [7, 11) is 1.58. The predicted molar refractivity (Wildman–Crippen MR) is 91.0 cm³/mol. The van der Waals surface area contributed by atoms with Crippen LogP contribution in [0.5, 0.6) is 5.75 Å². The Bertz CT molecular complexity index is 915. The van der Waals surface area contributed by atoms with Gasteiger partial charge in [-0.15, -0.1) is 0 Å². The van der Waals surface area contributed by atoms with Crippen LogP contribution in [0.1, 0.15) is 5.56 Å². The first kappa shape index (κ1) is 16.5. The first-order chi connectivity index (χ1) is 12.2. The molecule has 1 amide bonds. The van der Waals surface area contributed by atoms with Gasteiger partial charge in [0.15, 0.2) is 5.82 Å². The van der Waals surface area contributed by atoms with Crippen LogP contribution in [0.2, 0.25) is 0 Å². The summed E-state index contributed by atoms with van der Waals surface area (Å²) in [6.07, 6.45) is 0. The third kappa shape index (κ3) is 3.95. The van der Waals surface area contributed by atoms with Crippen molar-refractivity contribution in [2.45, 2.75) is 13.1 Å². The van der Waals surface area contributed by atoms with Crippen LogP contribution in [0, 0.1) is 0 Å². The number of benzene rings is 2. The summed E-state index contributed by atoms with van der Waals surface area (Å²) in [5.41, 5.74) is 1.60. The number of carbonyl (C=O) groups is 1. The maximum atomic E-state index is 12.2. The predicted octanol–water partition coefficient (Wildman–Crippen LogP) is 1.83. The molecule has 0 unspecified atom stereocenters. The van der Waals surface area contributed by atoms with Crippen molar-refractivity contribution in [2.75, 3.05) is 7.11 Å². The average molecular weight is 339 g/mol. The van der Waals surface area contributed by atoms with E-state index >= 15 is 0 Å². The molecule has 0 aliphatic rings. The molecule has 3 aromatic rings. The summed E-state index contributed by atoms with van der Waals surface area (Å²) < 4.78 is 11.1. The zero-order chi connectivity index (χ0) is 17.6. The molecule has 0 spiro atoms.